The monoisotopic (exact) mass is 337 g/mol. The largest absolute Gasteiger partial charge is 0.451 e. The molecule has 1 aromatic carbocycles. The summed E-state index contributed by atoms with van der Waals surface area (Å²) in [4.78, 5) is 31.3. The van der Waals surface area contributed by atoms with Crippen molar-refractivity contribution >= 4 is 16.9 Å². The minimum absolute atomic E-state index is 0.101. The molecule has 4 rings (SSSR count). The molecule has 128 valence electrons. The van der Waals surface area contributed by atoms with E-state index in [2.05, 4.69) is 4.98 Å². The molecule has 3 aromatic rings. The first-order chi connectivity index (χ1) is 12.1. The van der Waals surface area contributed by atoms with Gasteiger partial charge in [0.1, 0.15) is 11.4 Å². The van der Waals surface area contributed by atoms with Crippen LogP contribution >= 0.6 is 0 Å². The number of carbonyl (C=O) groups excluding carboxylic acids is 1. The Morgan fingerprint density at radius 3 is 2.96 bits per heavy atom. The lowest BCUT2D eigenvalue weighted by atomic mass is 9.97. The maximum atomic E-state index is 12.9. The number of fused-ring (bicyclic) bond motifs is 1. The van der Waals surface area contributed by atoms with Gasteiger partial charge >= 0.3 is 0 Å². The number of rotatable bonds is 2. The lowest BCUT2D eigenvalue weighted by Gasteiger charge is -2.32. The molecule has 1 saturated heterocycles. The summed E-state index contributed by atoms with van der Waals surface area (Å²) >= 11 is 0. The average Bonchev–Trinajstić information content (AvgIpc) is 3.07. The van der Waals surface area contributed by atoms with Gasteiger partial charge in [0.05, 0.1) is 5.39 Å². The van der Waals surface area contributed by atoms with Crippen LogP contribution in [0.1, 0.15) is 35.1 Å². The Kier molecular flexibility index (Phi) is 3.87. The summed E-state index contributed by atoms with van der Waals surface area (Å²) in [6.45, 7) is 1.25. The Labute approximate surface area is 144 Å². The van der Waals surface area contributed by atoms with Crippen molar-refractivity contribution in [2.45, 2.75) is 18.8 Å². The fourth-order valence-corrected chi connectivity index (χ4v) is 3.51. The van der Waals surface area contributed by atoms with Crippen LogP contribution in [0.2, 0.25) is 0 Å². The van der Waals surface area contributed by atoms with Crippen LogP contribution in [0.25, 0.3) is 11.0 Å². The molecule has 0 saturated carbocycles. The van der Waals surface area contributed by atoms with E-state index in [-0.39, 0.29) is 23.0 Å². The van der Waals surface area contributed by atoms with Crippen molar-refractivity contribution in [1.29, 1.82) is 0 Å². The first-order valence-corrected chi connectivity index (χ1v) is 8.43. The molecule has 1 fully saturated rings. The quantitative estimate of drug-likeness (QED) is 0.721. The van der Waals surface area contributed by atoms with Gasteiger partial charge in [0.25, 0.3) is 5.91 Å². The van der Waals surface area contributed by atoms with Gasteiger partial charge in [-0.3, -0.25) is 9.59 Å². The van der Waals surface area contributed by atoms with Crippen molar-refractivity contribution < 1.29 is 9.21 Å². The van der Waals surface area contributed by atoms with Gasteiger partial charge in [0, 0.05) is 44.5 Å². The van der Waals surface area contributed by atoms with E-state index in [1.165, 1.54) is 6.07 Å². The third-order valence-corrected chi connectivity index (χ3v) is 4.78. The van der Waals surface area contributed by atoms with Crippen molar-refractivity contribution in [2.24, 2.45) is 7.05 Å². The number of benzene rings is 1. The highest BCUT2D eigenvalue weighted by Crippen LogP contribution is 2.26. The van der Waals surface area contributed by atoms with Crippen LogP contribution in [0, 0.1) is 0 Å². The standard InChI is InChI=1S/C19H19N3O3/c1-21-10-8-20-18(21)13-5-4-9-22(12-13)19(24)17-11-15(23)14-6-2-3-7-16(14)25-17/h2-3,6-8,10-11,13H,4-5,9,12H2,1H3. The molecule has 1 atom stereocenters. The Hall–Kier alpha value is -2.89. The number of hydrogen-bond donors (Lipinski definition) is 0. The van der Waals surface area contributed by atoms with Crippen LogP contribution in [0.15, 0.2) is 51.9 Å². The second-order valence-corrected chi connectivity index (χ2v) is 6.46. The third kappa shape index (κ3) is 2.84. The Bertz CT molecular complexity index is 989. The van der Waals surface area contributed by atoms with Crippen LogP contribution in [0.5, 0.6) is 0 Å². The van der Waals surface area contributed by atoms with E-state index >= 15 is 0 Å². The number of aromatic nitrogens is 2. The van der Waals surface area contributed by atoms with E-state index in [1.807, 2.05) is 17.8 Å². The zero-order chi connectivity index (χ0) is 17.4. The highest BCUT2D eigenvalue weighted by molar-refractivity contribution is 5.93. The summed E-state index contributed by atoms with van der Waals surface area (Å²) in [5.41, 5.74) is 0.249. The van der Waals surface area contributed by atoms with Crippen molar-refractivity contribution in [1.82, 2.24) is 14.5 Å². The number of aryl methyl sites for hydroxylation is 1. The van der Waals surface area contributed by atoms with Crippen molar-refractivity contribution in [2.75, 3.05) is 13.1 Å². The summed E-state index contributed by atoms with van der Waals surface area (Å²) in [6, 6.07) is 8.28. The number of likely N-dealkylation sites (tertiary alicyclic amines) is 1. The van der Waals surface area contributed by atoms with Gasteiger partial charge in [-0.1, -0.05) is 12.1 Å². The molecule has 1 unspecified atom stereocenters. The summed E-state index contributed by atoms with van der Waals surface area (Å²) in [7, 11) is 1.96. The minimum atomic E-state index is -0.234. The lowest BCUT2D eigenvalue weighted by Crippen LogP contribution is -2.40. The first-order valence-electron chi connectivity index (χ1n) is 8.43. The molecule has 0 spiro atoms. The smallest absolute Gasteiger partial charge is 0.289 e. The van der Waals surface area contributed by atoms with Gasteiger partial charge in [0.2, 0.25) is 0 Å². The maximum Gasteiger partial charge on any atom is 0.289 e. The first kappa shape index (κ1) is 15.6. The molecule has 25 heavy (non-hydrogen) atoms. The number of carbonyl (C=O) groups is 1. The van der Waals surface area contributed by atoms with E-state index < -0.39 is 0 Å². The molecule has 6 heteroatoms. The number of para-hydroxylation sites is 1. The van der Waals surface area contributed by atoms with Gasteiger partial charge in [-0.15, -0.1) is 0 Å². The van der Waals surface area contributed by atoms with Gasteiger partial charge in [-0.2, -0.15) is 0 Å². The average molecular weight is 337 g/mol. The normalized spacial score (nSPS) is 17.8. The number of piperidine rings is 1. The second kappa shape index (κ2) is 6.20. The number of nitrogens with zero attached hydrogens (tertiary/aromatic N) is 3. The van der Waals surface area contributed by atoms with Crippen LogP contribution in [0.4, 0.5) is 0 Å². The molecule has 6 nitrogen and oxygen atoms in total. The molecule has 1 aliphatic heterocycles. The molecule has 3 heterocycles. The second-order valence-electron chi connectivity index (χ2n) is 6.46. The molecule has 1 amide bonds. The number of imidazole rings is 1. The summed E-state index contributed by atoms with van der Waals surface area (Å²) in [6.07, 6.45) is 5.59. The Morgan fingerprint density at radius 2 is 2.16 bits per heavy atom. The molecule has 0 N–H and O–H groups in total. The molecule has 0 bridgehead atoms. The van der Waals surface area contributed by atoms with Crippen molar-refractivity contribution in [3.05, 3.63) is 64.5 Å². The van der Waals surface area contributed by atoms with Crippen LogP contribution < -0.4 is 5.43 Å². The maximum absolute atomic E-state index is 12.9. The Balaban J connectivity index is 1.62. The van der Waals surface area contributed by atoms with Crippen LogP contribution in [0.3, 0.4) is 0 Å². The predicted molar refractivity (Wildman–Crippen MR) is 93.6 cm³/mol. The Morgan fingerprint density at radius 1 is 1.32 bits per heavy atom. The summed E-state index contributed by atoms with van der Waals surface area (Å²) in [5, 5.41) is 0.489. The van der Waals surface area contributed by atoms with Crippen molar-refractivity contribution in [3.63, 3.8) is 0 Å². The van der Waals surface area contributed by atoms with Gasteiger partial charge in [-0.05, 0) is 25.0 Å². The van der Waals surface area contributed by atoms with E-state index in [1.54, 1.807) is 35.4 Å². The number of amides is 1. The zero-order valence-electron chi connectivity index (χ0n) is 14.0. The lowest BCUT2D eigenvalue weighted by molar-refractivity contribution is 0.0672. The van der Waals surface area contributed by atoms with Crippen LogP contribution in [-0.2, 0) is 7.05 Å². The van der Waals surface area contributed by atoms with Gasteiger partial charge in [-0.25, -0.2) is 4.98 Å². The fourth-order valence-electron chi connectivity index (χ4n) is 3.51. The molecule has 0 radical (unpaired) electrons. The minimum Gasteiger partial charge on any atom is -0.451 e. The van der Waals surface area contributed by atoms with E-state index in [0.717, 1.165) is 18.7 Å². The molecule has 1 aliphatic rings. The van der Waals surface area contributed by atoms with E-state index in [4.69, 9.17) is 4.42 Å². The van der Waals surface area contributed by atoms with Gasteiger partial charge in [0.15, 0.2) is 11.2 Å². The summed E-state index contributed by atoms with van der Waals surface area (Å²) < 4.78 is 7.69. The zero-order valence-corrected chi connectivity index (χ0v) is 14.0. The van der Waals surface area contributed by atoms with Crippen LogP contribution in [-0.4, -0.2) is 33.4 Å². The highest BCUT2D eigenvalue weighted by Gasteiger charge is 2.29. The topological polar surface area (TPSA) is 68.3 Å². The van der Waals surface area contributed by atoms with Crippen molar-refractivity contribution in [3.8, 4) is 0 Å². The molecule has 0 aliphatic carbocycles. The molecule has 2 aromatic heterocycles. The highest BCUT2D eigenvalue weighted by atomic mass is 16.3. The molecular formula is C19H19N3O3. The van der Waals surface area contributed by atoms with E-state index in [9.17, 15) is 9.59 Å². The van der Waals surface area contributed by atoms with E-state index in [0.29, 0.717) is 24.1 Å². The third-order valence-electron chi connectivity index (χ3n) is 4.78. The fraction of sp³-hybridized carbons (Fsp3) is 0.316. The summed E-state index contributed by atoms with van der Waals surface area (Å²) in [5.74, 6) is 1.05. The molecular weight excluding hydrogens is 318 g/mol. The van der Waals surface area contributed by atoms with Gasteiger partial charge < -0.3 is 13.9 Å². The number of hydrogen-bond acceptors (Lipinski definition) is 4. The SMILES string of the molecule is Cn1ccnc1C1CCCN(C(=O)c2cc(=O)c3ccccc3o2)C1. The predicted octanol–water partition coefficient (Wildman–Crippen LogP) is 2.55.